The molecule has 21 heavy (non-hydrogen) atoms. The van der Waals surface area contributed by atoms with E-state index in [0.717, 1.165) is 6.42 Å². The van der Waals surface area contributed by atoms with Crippen molar-refractivity contribution in [1.29, 1.82) is 0 Å². The molecule has 1 aromatic rings. The number of likely N-dealkylation sites (tertiary alicyclic amines) is 1. The van der Waals surface area contributed by atoms with Gasteiger partial charge in [0.1, 0.15) is 4.90 Å². The highest BCUT2D eigenvalue weighted by atomic mass is 35.7. The average Bonchev–Trinajstić information content (AvgIpc) is 2.78. The first kappa shape index (κ1) is 16.5. The number of hydrogen-bond donors (Lipinski definition) is 0. The monoisotopic (exact) mass is 357 g/mol. The summed E-state index contributed by atoms with van der Waals surface area (Å²) >= 11 is 5.76. The van der Waals surface area contributed by atoms with Crippen molar-refractivity contribution in [2.24, 2.45) is 5.92 Å². The number of nitrogens with zero attached hydrogens (tertiary/aromatic N) is 1. The molecule has 1 unspecified atom stereocenters. The molecule has 1 heterocycles. The number of carbonyl (C=O) groups is 1. The Morgan fingerprint density at radius 3 is 2.52 bits per heavy atom. The number of amides is 1. The molecule has 9 heteroatoms. The van der Waals surface area contributed by atoms with E-state index in [0.29, 0.717) is 19.2 Å². The Kier molecular flexibility index (Phi) is 4.46. The number of halogens is 4. The Labute approximate surface area is 130 Å². The molecule has 0 bridgehead atoms. The minimum atomic E-state index is -4.62. The van der Waals surface area contributed by atoms with Gasteiger partial charge in [-0.25, -0.2) is 17.2 Å². The Morgan fingerprint density at radius 2 is 2.05 bits per heavy atom. The summed E-state index contributed by atoms with van der Waals surface area (Å²) in [6.07, 6.45) is 0.772. The maximum atomic E-state index is 13.6. The van der Waals surface area contributed by atoms with Crippen molar-refractivity contribution in [2.75, 3.05) is 13.1 Å². The van der Waals surface area contributed by atoms with Gasteiger partial charge in [-0.05, 0) is 18.4 Å². The van der Waals surface area contributed by atoms with E-state index in [9.17, 15) is 22.0 Å². The Hall–Kier alpha value is -0.920. The molecule has 1 saturated heterocycles. The minimum Gasteiger partial charge on any atom is -0.338 e. The highest BCUT2D eigenvalue weighted by Crippen LogP contribution is 2.33. The standard InChI is InChI=1S/C12H11Cl2F2NO3S/c1-6-2-3-17(5-6)12(18)7-4-8(15)10(16)11(9(7)13)21(14,19)20/h4,6H,2-3,5H2,1H3. The quantitative estimate of drug-likeness (QED) is 0.603. The molecule has 1 aliphatic rings. The second kappa shape index (κ2) is 5.70. The summed E-state index contributed by atoms with van der Waals surface area (Å²) in [7, 11) is 0.434. The van der Waals surface area contributed by atoms with Gasteiger partial charge in [0, 0.05) is 23.8 Å². The third-order valence-corrected chi connectivity index (χ3v) is 5.14. The van der Waals surface area contributed by atoms with E-state index in [1.807, 2.05) is 6.92 Å². The fourth-order valence-corrected chi connectivity index (χ4v) is 3.95. The summed E-state index contributed by atoms with van der Waals surface area (Å²) < 4.78 is 49.8. The van der Waals surface area contributed by atoms with E-state index >= 15 is 0 Å². The lowest BCUT2D eigenvalue weighted by atomic mass is 10.1. The number of rotatable bonds is 2. The van der Waals surface area contributed by atoms with Gasteiger partial charge in [-0.1, -0.05) is 18.5 Å². The van der Waals surface area contributed by atoms with Gasteiger partial charge in [-0.15, -0.1) is 0 Å². The van der Waals surface area contributed by atoms with Gasteiger partial charge in [-0.2, -0.15) is 0 Å². The zero-order valence-corrected chi connectivity index (χ0v) is 13.2. The molecule has 2 rings (SSSR count). The van der Waals surface area contributed by atoms with Crippen molar-refractivity contribution in [2.45, 2.75) is 18.2 Å². The zero-order chi connectivity index (χ0) is 15.9. The Balaban J connectivity index is 2.56. The molecule has 0 radical (unpaired) electrons. The molecule has 0 saturated carbocycles. The number of hydrogen-bond acceptors (Lipinski definition) is 3. The third-order valence-electron chi connectivity index (χ3n) is 3.30. The Morgan fingerprint density at radius 1 is 1.43 bits per heavy atom. The summed E-state index contributed by atoms with van der Waals surface area (Å²) in [5.41, 5.74) is -0.413. The van der Waals surface area contributed by atoms with E-state index in [1.165, 1.54) is 4.90 Å². The van der Waals surface area contributed by atoms with Crippen LogP contribution in [0, 0.1) is 17.6 Å². The molecule has 1 atom stereocenters. The van der Waals surface area contributed by atoms with Crippen LogP contribution in [-0.4, -0.2) is 32.3 Å². The molecule has 0 N–H and O–H groups in total. The van der Waals surface area contributed by atoms with Gasteiger partial charge in [0.2, 0.25) is 0 Å². The summed E-state index contributed by atoms with van der Waals surface area (Å²) in [6.45, 7) is 2.82. The fraction of sp³-hybridized carbons (Fsp3) is 0.417. The molecule has 1 aliphatic heterocycles. The highest BCUT2D eigenvalue weighted by molar-refractivity contribution is 8.13. The van der Waals surface area contributed by atoms with Crippen LogP contribution < -0.4 is 0 Å². The van der Waals surface area contributed by atoms with Gasteiger partial charge < -0.3 is 4.90 Å². The van der Waals surface area contributed by atoms with Crippen molar-refractivity contribution >= 4 is 37.2 Å². The van der Waals surface area contributed by atoms with Crippen LogP contribution in [-0.2, 0) is 9.05 Å². The van der Waals surface area contributed by atoms with E-state index in [-0.39, 0.29) is 5.92 Å². The molecule has 116 valence electrons. The summed E-state index contributed by atoms with van der Waals surface area (Å²) in [5.74, 6) is -3.56. The van der Waals surface area contributed by atoms with E-state index in [1.54, 1.807) is 0 Å². The molecular weight excluding hydrogens is 347 g/mol. The molecule has 4 nitrogen and oxygen atoms in total. The van der Waals surface area contributed by atoms with Gasteiger partial charge in [-0.3, -0.25) is 4.79 Å². The van der Waals surface area contributed by atoms with Gasteiger partial charge in [0.15, 0.2) is 11.6 Å². The molecule has 1 amide bonds. The molecular formula is C12H11Cl2F2NO3S. The van der Waals surface area contributed by atoms with Crippen LogP contribution in [0.4, 0.5) is 8.78 Å². The predicted octanol–water partition coefficient (Wildman–Crippen LogP) is 3.03. The first-order chi connectivity index (χ1) is 9.62. The smallest absolute Gasteiger partial charge is 0.265 e. The van der Waals surface area contributed by atoms with Crippen LogP contribution in [0.3, 0.4) is 0 Å². The van der Waals surface area contributed by atoms with Crippen LogP contribution in [0.1, 0.15) is 23.7 Å². The normalized spacial score (nSPS) is 19.1. The topological polar surface area (TPSA) is 54.5 Å². The second-order valence-electron chi connectivity index (χ2n) is 4.95. The first-order valence-corrected chi connectivity index (χ1v) is 8.73. The molecule has 1 fully saturated rings. The van der Waals surface area contributed by atoms with Crippen LogP contribution in [0.5, 0.6) is 0 Å². The van der Waals surface area contributed by atoms with Crippen molar-refractivity contribution in [3.63, 3.8) is 0 Å². The van der Waals surface area contributed by atoms with Crippen LogP contribution in [0.15, 0.2) is 11.0 Å². The van der Waals surface area contributed by atoms with Crippen molar-refractivity contribution in [3.8, 4) is 0 Å². The SMILES string of the molecule is CC1CCN(C(=O)c2cc(F)c(F)c(S(=O)(=O)Cl)c2Cl)C1. The number of carbonyl (C=O) groups excluding carboxylic acids is 1. The summed E-state index contributed by atoms with van der Waals surface area (Å²) in [4.78, 5) is 12.5. The summed E-state index contributed by atoms with van der Waals surface area (Å²) in [6, 6.07) is 0.592. The highest BCUT2D eigenvalue weighted by Gasteiger charge is 2.32. The minimum absolute atomic E-state index is 0.272. The van der Waals surface area contributed by atoms with E-state index in [4.69, 9.17) is 22.3 Å². The average molecular weight is 358 g/mol. The predicted molar refractivity (Wildman–Crippen MR) is 74.1 cm³/mol. The summed E-state index contributed by atoms with van der Waals surface area (Å²) in [5, 5.41) is -0.701. The number of benzene rings is 1. The van der Waals surface area contributed by atoms with E-state index in [2.05, 4.69) is 0 Å². The first-order valence-electron chi connectivity index (χ1n) is 6.04. The zero-order valence-electron chi connectivity index (χ0n) is 10.9. The van der Waals surface area contributed by atoms with Gasteiger partial charge in [0.05, 0.1) is 10.6 Å². The van der Waals surface area contributed by atoms with Crippen LogP contribution in [0.2, 0.25) is 5.02 Å². The van der Waals surface area contributed by atoms with E-state index < -0.39 is 42.1 Å². The lowest BCUT2D eigenvalue weighted by Gasteiger charge is -2.17. The second-order valence-corrected chi connectivity index (χ2v) is 7.83. The maximum Gasteiger partial charge on any atom is 0.265 e. The third kappa shape index (κ3) is 3.14. The molecule has 0 aromatic heterocycles. The maximum absolute atomic E-state index is 13.6. The van der Waals surface area contributed by atoms with Crippen LogP contribution >= 0.6 is 22.3 Å². The van der Waals surface area contributed by atoms with Gasteiger partial charge >= 0.3 is 0 Å². The lowest BCUT2D eigenvalue weighted by Crippen LogP contribution is -2.29. The molecule has 0 aliphatic carbocycles. The lowest BCUT2D eigenvalue weighted by molar-refractivity contribution is 0.0787. The fourth-order valence-electron chi connectivity index (χ4n) is 2.24. The largest absolute Gasteiger partial charge is 0.338 e. The van der Waals surface area contributed by atoms with Crippen molar-refractivity contribution in [1.82, 2.24) is 4.90 Å². The Bertz CT molecular complexity index is 709. The van der Waals surface area contributed by atoms with Gasteiger partial charge in [0.25, 0.3) is 15.0 Å². The van der Waals surface area contributed by atoms with Crippen molar-refractivity contribution < 1.29 is 22.0 Å². The molecule has 0 spiro atoms. The molecule has 1 aromatic carbocycles. The van der Waals surface area contributed by atoms with Crippen LogP contribution in [0.25, 0.3) is 0 Å². The van der Waals surface area contributed by atoms with Crippen molar-refractivity contribution in [3.05, 3.63) is 28.3 Å².